The van der Waals surface area contributed by atoms with E-state index in [1.165, 1.54) is 0 Å². The van der Waals surface area contributed by atoms with Crippen LogP contribution in [-0.4, -0.2) is 26.7 Å². The number of carbonyl (C=O) groups excluding carboxylic acids is 1. The van der Waals surface area contributed by atoms with E-state index >= 15 is 0 Å². The summed E-state index contributed by atoms with van der Waals surface area (Å²) in [5.41, 5.74) is 2.06. The van der Waals surface area contributed by atoms with Crippen molar-refractivity contribution in [3.8, 4) is 0 Å². The highest BCUT2D eigenvalue weighted by Crippen LogP contribution is 2.31. The van der Waals surface area contributed by atoms with Gasteiger partial charge in [0.05, 0.1) is 17.1 Å². The van der Waals surface area contributed by atoms with E-state index in [1.807, 2.05) is 30.3 Å². The molecule has 2 heterocycles. The van der Waals surface area contributed by atoms with Crippen molar-refractivity contribution in [1.29, 1.82) is 0 Å². The number of ketones is 1. The molecular weight excluding hydrogens is 294 g/mol. The van der Waals surface area contributed by atoms with Crippen molar-refractivity contribution < 1.29 is 4.79 Å². The van der Waals surface area contributed by atoms with Gasteiger partial charge in [-0.15, -0.1) is 11.8 Å². The summed E-state index contributed by atoms with van der Waals surface area (Å²) in [5, 5.41) is 7.84. The van der Waals surface area contributed by atoms with E-state index in [1.54, 1.807) is 24.2 Å². The molecule has 1 aromatic carbocycles. The van der Waals surface area contributed by atoms with Crippen LogP contribution in [0.2, 0.25) is 0 Å². The van der Waals surface area contributed by atoms with Gasteiger partial charge in [0.25, 0.3) is 0 Å². The molecule has 0 aliphatic rings. The molecule has 2 aromatic heterocycles. The first kappa shape index (κ1) is 14.8. The van der Waals surface area contributed by atoms with Gasteiger partial charge in [-0.1, -0.05) is 43.7 Å². The minimum absolute atomic E-state index is 0.00944. The van der Waals surface area contributed by atoms with Crippen LogP contribution >= 0.6 is 11.8 Å². The summed E-state index contributed by atoms with van der Waals surface area (Å²) in [6.45, 7) is 2.16. The molecule has 0 amide bonds. The van der Waals surface area contributed by atoms with Crippen LogP contribution in [0.1, 0.15) is 35.7 Å². The second-order valence-corrected chi connectivity index (χ2v) is 6.14. The number of thioether (sulfide) groups is 1. The lowest BCUT2D eigenvalue weighted by atomic mass is 10.0. The standard InChI is InChI=1S/C17H17N3OS/c1-2-3-9-22-16-13(10-18-17-14(16)11-19-20-17)15(21)12-7-5-4-6-8-12/h4-8,10-11H,2-3,9H2,1H3,(H,18,19,20). The molecule has 4 nitrogen and oxygen atoms in total. The number of pyridine rings is 1. The van der Waals surface area contributed by atoms with Crippen molar-refractivity contribution in [3.05, 3.63) is 53.9 Å². The summed E-state index contributed by atoms with van der Waals surface area (Å²) in [6, 6.07) is 9.33. The molecule has 0 unspecified atom stereocenters. The Morgan fingerprint density at radius 3 is 2.82 bits per heavy atom. The van der Waals surface area contributed by atoms with Gasteiger partial charge in [-0.3, -0.25) is 9.89 Å². The van der Waals surface area contributed by atoms with E-state index in [2.05, 4.69) is 22.1 Å². The number of H-pyrrole nitrogens is 1. The summed E-state index contributed by atoms with van der Waals surface area (Å²) in [6.07, 6.45) is 5.66. The highest BCUT2D eigenvalue weighted by atomic mass is 32.2. The Morgan fingerprint density at radius 1 is 1.23 bits per heavy atom. The zero-order valence-corrected chi connectivity index (χ0v) is 13.2. The van der Waals surface area contributed by atoms with Crippen molar-refractivity contribution in [3.63, 3.8) is 0 Å². The Morgan fingerprint density at radius 2 is 2.05 bits per heavy atom. The molecule has 0 saturated heterocycles. The lowest BCUT2D eigenvalue weighted by molar-refractivity contribution is 0.103. The number of rotatable bonds is 6. The van der Waals surface area contributed by atoms with Gasteiger partial charge in [0.2, 0.25) is 0 Å². The minimum atomic E-state index is 0.00944. The first-order valence-electron chi connectivity index (χ1n) is 7.36. The maximum Gasteiger partial charge on any atom is 0.195 e. The number of nitrogens with one attached hydrogen (secondary N) is 1. The average molecular weight is 311 g/mol. The third-order valence-corrected chi connectivity index (χ3v) is 4.68. The Bertz CT molecular complexity index is 783. The molecule has 0 bridgehead atoms. The van der Waals surface area contributed by atoms with Crippen molar-refractivity contribution in [2.75, 3.05) is 5.75 Å². The number of benzene rings is 1. The van der Waals surface area contributed by atoms with Crippen LogP contribution in [0, 0.1) is 0 Å². The van der Waals surface area contributed by atoms with Crippen LogP contribution in [0.5, 0.6) is 0 Å². The molecular formula is C17H17N3OS. The number of fused-ring (bicyclic) bond motifs is 1. The Kier molecular flexibility index (Phi) is 4.53. The number of hydrogen-bond acceptors (Lipinski definition) is 4. The molecule has 0 aliphatic carbocycles. The summed E-state index contributed by atoms with van der Waals surface area (Å²) in [4.78, 5) is 18.1. The maximum atomic E-state index is 12.8. The monoisotopic (exact) mass is 311 g/mol. The molecule has 0 radical (unpaired) electrons. The number of aromatic amines is 1. The molecule has 22 heavy (non-hydrogen) atoms. The van der Waals surface area contributed by atoms with Crippen LogP contribution in [0.15, 0.2) is 47.6 Å². The molecule has 0 spiro atoms. The molecule has 112 valence electrons. The molecule has 1 N–H and O–H groups in total. The number of carbonyl (C=O) groups is 1. The van der Waals surface area contributed by atoms with Crippen LogP contribution < -0.4 is 0 Å². The number of unbranched alkanes of at least 4 members (excludes halogenated alkanes) is 1. The van der Waals surface area contributed by atoms with E-state index in [9.17, 15) is 4.79 Å². The summed E-state index contributed by atoms with van der Waals surface area (Å²) in [7, 11) is 0. The van der Waals surface area contributed by atoms with Crippen LogP contribution in [0.3, 0.4) is 0 Å². The maximum absolute atomic E-state index is 12.8. The highest BCUT2D eigenvalue weighted by Gasteiger charge is 2.18. The number of nitrogens with zero attached hydrogens (tertiary/aromatic N) is 2. The van der Waals surface area contributed by atoms with Gasteiger partial charge >= 0.3 is 0 Å². The van der Waals surface area contributed by atoms with Crippen LogP contribution in [0.4, 0.5) is 0 Å². The van der Waals surface area contributed by atoms with Crippen LogP contribution in [-0.2, 0) is 0 Å². The van der Waals surface area contributed by atoms with Crippen molar-refractivity contribution in [1.82, 2.24) is 15.2 Å². The van der Waals surface area contributed by atoms with E-state index < -0.39 is 0 Å². The summed E-state index contributed by atoms with van der Waals surface area (Å²) >= 11 is 1.71. The molecule has 5 heteroatoms. The van der Waals surface area contributed by atoms with Gasteiger partial charge in [0.1, 0.15) is 0 Å². The third kappa shape index (κ3) is 2.90. The SMILES string of the molecule is CCCCSc1c(C(=O)c2ccccc2)cnc2[nH]ncc12. The molecule has 0 saturated carbocycles. The number of aromatic nitrogens is 3. The Labute approximate surface area is 133 Å². The van der Waals surface area contributed by atoms with Gasteiger partial charge in [-0.25, -0.2) is 4.98 Å². The lowest BCUT2D eigenvalue weighted by Gasteiger charge is -2.09. The van der Waals surface area contributed by atoms with E-state index in [0.717, 1.165) is 34.5 Å². The zero-order chi connectivity index (χ0) is 15.4. The fourth-order valence-electron chi connectivity index (χ4n) is 2.26. The van der Waals surface area contributed by atoms with Crippen molar-refractivity contribution >= 4 is 28.6 Å². The smallest absolute Gasteiger partial charge is 0.195 e. The first-order chi connectivity index (χ1) is 10.8. The van der Waals surface area contributed by atoms with Crippen LogP contribution in [0.25, 0.3) is 11.0 Å². The second kappa shape index (κ2) is 6.75. The second-order valence-electron chi connectivity index (χ2n) is 5.03. The topological polar surface area (TPSA) is 58.6 Å². The zero-order valence-electron chi connectivity index (χ0n) is 12.4. The largest absolute Gasteiger partial charge is 0.289 e. The predicted molar refractivity (Wildman–Crippen MR) is 89.4 cm³/mol. The third-order valence-electron chi connectivity index (χ3n) is 3.46. The predicted octanol–water partition coefficient (Wildman–Crippen LogP) is 4.08. The number of hydrogen-bond donors (Lipinski definition) is 1. The van der Waals surface area contributed by atoms with E-state index in [4.69, 9.17) is 0 Å². The van der Waals surface area contributed by atoms with Crippen molar-refractivity contribution in [2.45, 2.75) is 24.7 Å². The Hall–Kier alpha value is -2.14. The summed E-state index contributed by atoms with van der Waals surface area (Å²) in [5.74, 6) is 0.991. The van der Waals surface area contributed by atoms with Gasteiger partial charge in [-0.05, 0) is 12.2 Å². The fourth-order valence-corrected chi connectivity index (χ4v) is 3.50. The Balaban J connectivity index is 2.04. The molecule has 0 fully saturated rings. The molecule has 0 atom stereocenters. The first-order valence-corrected chi connectivity index (χ1v) is 8.34. The van der Waals surface area contributed by atoms with Gasteiger partial charge in [0.15, 0.2) is 11.4 Å². The summed E-state index contributed by atoms with van der Waals surface area (Å²) < 4.78 is 0. The molecule has 3 rings (SSSR count). The van der Waals surface area contributed by atoms with Gasteiger partial charge in [-0.2, -0.15) is 5.10 Å². The lowest BCUT2D eigenvalue weighted by Crippen LogP contribution is -2.04. The molecule has 0 aliphatic heterocycles. The van der Waals surface area contributed by atoms with E-state index in [0.29, 0.717) is 11.1 Å². The fraction of sp³-hybridized carbons (Fsp3) is 0.235. The van der Waals surface area contributed by atoms with Gasteiger partial charge in [0, 0.05) is 16.7 Å². The van der Waals surface area contributed by atoms with Gasteiger partial charge < -0.3 is 0 Å². The normalized spacial score (nSPS) is 11.0. The molecule has 3 aromatic rings. The van der Waals surface area contributed by atoms with E-state index in [-0.39, 0.29) is 5.78 Å². The highest BCUT2D eigenvalue weighted by molar-refractivity contribution is 7.99. The minimum Gasteiger partial charge on any atom is -0.289 e. The van der Waals surface area contributed by atoms with Crippen molar-refractivity contribution in [2.24, 2.45) is 0 Å². The average Bonchev–Trinajstić information content (AvgIpc) is 3.04. The quantitative estimate of drug-likeness (QED) is 0.423.